The number of halogens is 6. The molecule has 0 bridgehead atoms. The molecule has 0 spiro atoms. The van der Waals surface area contributed by atoms with E-state index >= 15 is 0 Å². The lowest BCUT2D eigenvalue weighted by Crippen LogP contribution is -2.47. The van der Waals surface area contributed by atoms with E-state index in [1.54, 1.807) is 12.1 Å². The van der Waals surface area contributed by atoms with Crippen LogP contribution in [0.3, 0.4) is 0 Å². The van der Waals surface area contributed by atoms with E-state index in [0.717, 1.165) is 18.6 Å². The highest BCUT2D eigenvalue weighted by atomic mass is 19.4. The molecule has 3 nitrogen and oxygen atoms in total. The summed E-state index contributed by atoms with van der Waals surface area (Å²) in [4.78, 5) is 1.42. The fourth-order valence-electron chi connectivity index (χ4n) is 4.00. The lowest BCUT2D eigenvalue weighted by atomic mass is 9.91. The third kappa shape index (κ3) is 6.87. The minimum atomic E-state index is -4.82. The van der Waals surface area contributed by atoms with Crippen LogP contribution in [0.2, 0.25) is 0 Å². The third-order valence-corrected chi connectivity index (χ3v) is 5.59. The first-order valence-electron chi connectivity index (χ1n) is 10.4. The SMILES string of the molecule is OC(CN(Cc1cccc(C(F)(F)F)c1)C1CCCC(Oc2ccccc2)C1)C(F)(F)F. The topological polar surface area (TPSA) is 32.7 Å². The normalized spacial score (nSPS) is 20.9. The fourth-order valence-corrected chi connectivity index (χ4v) is 4.00. The van der Waals surface area contributed by atoms with Gasteiger partial charge in [-0.2, -0.15) is 26.3 Å². The summed E-state index contributed by atoms with van der Waals surface area (Å²) in [5, 5.41) is 9.67. The molecule has 0 aromatic heterocycles. The van der Waals surface area contributed by atoms with Crippen LogP contribution in [0, 0.1) is 0 Å². The summed E-state index contributed by atoms with van der Waals surface area (Å²) in [5.74, 6) is 0.651. The lowest BCUT2D eigenvalue weighted by Gasteiger charge is -2.38. The highest BCUT2D eigenvalue weighted by molar-refractivity contribution is 5.26. The number of ether oxygens (including phenoxy) is 1. The van der Waals surface area contributed by atoms with Gasteiger partial charge >= 0.3 is 12.4 Å². The lowest BCUT2D eigenvalue weighted by molar-refractivity contribution is -0.210. The van der Waals surface area contributed by atoms with Crippen molar-refractivity contribution >= 4 is 0 Å². The van der Waals surface area contributed by atoms with E-state index in [1.165, 1.54) is 17.0 Å². The van der Waals surface area contributed by atoms with Gasteiger partial charge in [-0.15, -0.1) is 0 Å². The quantitative estimate of drug-likeness (QED) is 0.528. The van der Waals surface area contributed by atoms with Crippen molar-refractivity contribution in [1.82, 2.24) is 4.90 Å². The van der Waals surface area contributed by atoms with Crippen molar-refractivity contribution in [3.63, 3.8) is 0 Å². The van der Waals surface area contributed by atoms with Gasteiger partial charge in [0.15, 0.2) is 6.10 Å². The number of hydrogen-bond donors (Lipinski definition) is 1. The summed E-state index contributed by atoms with van der Waals surface area (Å²) < 4.78 is 84.3. The van der Waals surface area contributed by atoms with Gasteiger partial charge in [-0.25, -0.2) is 0 Å². The Balaban J connectivity index is 1.77. The molecule has 32 heavy (non-hydrogen) atoms. The van der Waals surface area contributed by atoms with Crippen LogP contribution in [-0.2, 0) is 12.7 Å². The second-order valence-electron chi connectivity index (χ2n) is 8.06. The van der Waals surface area contributed by atoms with Gasteiger partial charge in [0.2, 0.25) is 0 Å². The van der Waals surface area contributed by atoms with Gasteiger partial charge in [0, 0.05) is 19.1 Å². The van der Waals surface area contributed by atoms with Crippen LogP contribution in [0.4, 0.5) is 26.3 Å². The van der Waals surface area contributed by atoms with Gasteiger partial charge < -0.3 is 9.84 Å². The first kappa shape index (κ1) is 24.4. The Bertz CT molecular complexity index is 856. The highest BCUT2D eigenvalue weighted by Gasteiger charge is 2.41. The Labute approximate surface area is 182 Å². The number of aliphatic hydroxyl groups is 1. The monoisotopic (exact) mass is 461 g/mol. The zero-order valence-electron chi connectivity index (χ0n) is 17.2. The van der Waals surface area contributed by atoms with Crippen molar-refractivity contribution in [3.05, 3.63) is 65.7 Å². The van der Waals surface area contributed by atoms with Crippen molar-refractivity contribution < 1.29 is 36.2 Å². The van der Waals surface area contributed by atoms with Crippen molar-refractivity contribution in [2.75, 3.05) is 6.54 Å². The Morgan fingerprint density at radius 2 is 1.69 bits per heavy atom. The molecule has 176 valence electrons. The van der Waals surface area contributed by atoms with Crippen LogP contribution in [0.25, 0.3) is 0 Å². The summed E-state index contributed by atoms with van der Waals surface area (Å²) in [6, 6.07) is 13.2. The Hall–Kier alpha value is -2.26. The molecule has 1 saturated carbocycles. The number of para-hydroxylation sites is 1. The maximum absolute atomic E-state index is 13.1. The molecule has 3 atom stereocenters. The first-order chi connectivity index (χ1) is 15.0. The molecule has 3 unspecified atom stereocenters. The molecular formula is C23H25F6NO2. The minimum absolute atomic E-state index is 0.139. The zero-order chi connectivity index (χ0) is 23.4. The molecule has 2 aromatic carbocycles. The summed E-state index contributed by atoms with van der Waals surface area (Å²) in [7, 11) is 0. The van der Waals surface area contributed by atoms with Crippen molar-refractivity contribution in [2.45, 2.75) is 62.8 Å². The number of benzene rings is 2. The molecule has 1 aliphatic rings. The Morgan fingerprint density at radius 3 is 2.34 bits per heavy atom. The highest BCUT2D eigenvalue weighted by Crippen LogP contribution is 2.32. The predicted octanol–water partition coefficient (Wildman–Crippen LogP) is 5.82. The van der Waals surface area contributed by atoms with E-state index in [2.05, 4.69) is 0 Å². The molecule has 1 N–H and O–H groups in total. The first-order valence-corrected chi connectivity index (χ1v) is 10.4. The number of rotatable bonds is 7. The van der Waals surface area contributed by atoms with E-state index in [1.807, 2.05) is 18.2 Å². The van der Waals surface area contributed by atoms with Crippen molar-refractivity contribution in [3.8, 4) is 5.75 Å². The van der Waals surface area contributed by atoms with E-state index in [4.69, 9.17) is 4.74 Å². The van der Waals surface area contributed by atoms with E-state index < -0.39 is 30.6 Å². The summed E-state index contributed by atoms with van der Waals surface area (Å²) in [6.45, 7) is -0.859. The predicted molar refractivity (Wildman–Crippen MR) is 107 cm³/mol. The Morgan fingerprint density at radius 1 is 0.969 bits per heavy atom. The van der Waals surface area contributed by atoms with Gasteiger partial charge in [-0.3, -0.25) is 4.90 Å². The minimum Gasteiger partial charge on any atom is -0.490 e. The Kier molecular flexibility index (Phi) is 7.71. The average Bonchev–Trinajstić information content (AvgIpc) is 2.73. The van der Waals surface area contributed by atoms with Crippen LogP contribution >= 0.6 is 0 Å². The van der Waals surface area contributed by atoms with Gasteiger partial charge in [-0.1, -0.05) is 36.4 Å². The molecule has 0 heterocycles. The summed E-state index contributed by atoms with van der Waals surface area (Å²) >= 11 is 0. The number of nitrogens with zero attached hydrogens (tertiary/aromatic N) is 1. The molecule has 3 rings (SSSR count). The molecule has 1 aliphatic carbocycles. The van der Waals surface area contributed by atoms with Crippen LogP contribution < -0.4 is 4.74 Å². The maximum Gasteiger partial charge on any atom is 0.416 e. The molecule has 2 aromatic rings. The van der Waals surface area contributed by atoms with E-state index in [0.29, 0.717) is 25.0 Å². The molecule has 0 radical (unpaired) electrons. The number of alkyl halides is 6. The van der Waals surface area contributed by atoms with Gasteiger partial charge in [0.1, 0.15) is 11.9 Å². The van der Waals surface area contributed by atoms with Crippen molar-refractivity contribution in [1.29, 1.82) is 0 Å². The summed E-state index contributed by atoms with van der Waals surface area (Å²) in [5.41, 5.74) is -0.624. The van der Waals surface area contributed by atoms with Crippen LogP contribution in [0.15, 0.2) is 54.6 Å². The fraction of sp³-hybridized carbons (Fsp3) is 0.478. The smallest absolute Gasteiger partial charge is 0.416 e. The van der Waals surface area contributed by atoms with Crippen LogP contribution in [-0.4, -0.2) is 41.0 Å². The number of hydrogen-bond acceptors (Lipinski definition) is 3. The van der Waals surface area contributed by atoms with Gasteiger partial charge in [0.25, 0.3) is 0 Å². The van der Waals surface area contributed by atoms with Crippen molar-refractivity contribution in [2.24, 2.45) is 0 Å². The molecule has 1 fully saturated rings. The maximum atomic E-state index is 13.1. The molecule has 0 saturated heterocycles. The number of aliphatic hydroxyl groups excluding tert-OH is 1. The molecular weight excluding hydrogens is 436 g/mol. The standard InChI is InChI=1S/C23H25F6NO2/c24-22(25,26)17-7-4-6-16(12-17)14-30(15-21(31)23(27,28)29)18-8-5-11-20(13-18)32-19-9-2-1-3-10-19/h1-4,6-7,9-10,12,18,20-21,31H,5,8,11,13-15H2. The molecule has 9 heteroatoms. The van der Waals surface area contributed by atoms with Gasteiger partial charge in [-0.05, 0) is 49.4 Å². The van der Waals surface area contributed by atoms with Gasteiger partial charge in [0.05, 0.1) is 5.56 Å². The van der Waals surface area contributed by atoms with E-state index in [9.17, 15) is 31.4 Å². The second kappa shape index (κ2) is 10.1. The summed E-state index contributed by atoms with van der Waals surface area (Å²) in [6.07, 6.45) is -9.79. The van der Waals surface area contributed by atoms with Crippen LogP contribution in [0.1, 0.15) is 36.8 Å². The van der Waals surface area contributed by atoms with Crippen LogP contribution in [0.5, 0.6) is 5.75 Å². The largest absolute Gasteiger partial charge is 0.490 e. The average molecular weight is 461 g/mol. The molecule has 0 amide bonds. The zero-order valence-corrected chi connectivity index (χ0v) is 17.2. The molecule has 0 aliphatic heterocycles. The second-order valence-corrected chi connectivity index (χ2v) is 8.06. The third-order valence-electron chi connectivity index (χ3n) is 5.59. The van der Waals surface area contributed by atoms with E-state index in [-0.39, 0.29) is 24.3 Å².